The van der Waals surface area contributed by atoms with E-state index in [-0.39, 0.29) is 17.9 Å². The summed E-state index contributed by atoms with van der Waals surface area (Å²) in [4.78, 5) is 26.9. The summed E-state index contributed by atoms with van der Waals surface area (Å²) in [5, 5.41) is 3.92. The highest BCUT2D eigenvalue weighted by molar-refractivity contribution is 6.35. The number of likely N-dealkylation sites (tertiary alicyclic amines) is 1. The summed E-state index contributed by atoms with van der Waals surface area (Å²) in [6.45, 7) is 0.574. The number of nitrogens with one attached hydrogen (secondary N) is 1. The highest BCUT2D eigenvalue weighted by Gasteiger charge is 2.36. The molecule has 0 bridgehead atoms. The van der Waals surface area contributed by atoms with E-state index in [1.807, 2.05) is 0 Å². The van der Waals surface area contributed by atoms with Gasteiger partial charge in [-0.25, -0.2) is 0 Å². The molecule has 6 heteroatoms. The van der Waals surface area contributed by atoms with Gasteiger partial charge in [0.25, 0.3) is 5.91 Å². The number of amides is 2. The third-order valence-corrected chi connectivity index (χ3v) is 5.24. The van der Waals surface area contributed by atoms with Crippen molar-refractivity contribution in [1.82, 2.24) is 10.2 Å². The van der Waals surface area contributed by atoms with E-state index in [9.17, 15) is 9.59 Å². The minimum Gasteiger partial charge on any atom is -0.352 e. The Morgan fingerprint density at radius 1 is 1.09 bits per heavy atom. The lowest BCUT2D eigenvalue weighted by Crippen LogP contribution is -2.48. The fourth-order valence-electron chi connectivity index (χ4n) is 3.47. The standard InChI is InChI=1S/C17H20Cl2N2O2/c18-11-7-8-14(19)13(10-11)17(23)21-9-3-6-15(21)16(22)20-12-4-1-2-5-12/h7-8,10,12,15H,1-6,9H2,(H,20,22). The number of hydrogen-bond donors (Lipinski definition) is 1. The summed E-state index contributed by atoms with van der Waals surface area (Å²) in [6.07, 6.45) is 5.92. The molecule has 3 rings (SSSR count). The van der Waals surface area contributed by atoms with E-state index in [1.54, 1.807) is 23.1 Å². The second-order valence-electron chi connectivity index (χ2n) is 6.27. The number of carbonyl (C=O) groups is 2. The van der Waals surface area contributed by atoms with Crippen LogP contribution in [0.25, 0.3) is 0 Å². The van der Waals surface area contributed by atoms with Crippen LogP contribution in [0.1, 0.15) is 48.9 Å². The number of nitrogens with zero attached hydrogens (tertiary/aromatic N) is 1. The molecule has 1 heterocycles. The molecule has 1 aliphatic carbocycles. The average Bonchev–Trinajstić information content (AvgIpc) is 3.20. The topological polar surface area (TPSA) is 49.4 Å². The van der Waals surface area contributed by atoms with Gasteiger partial charge in [-0.05, 0) is 43.9 Å². The minimum absolute atomic E-state index is 0.0408. The lowest BCUT2D eigenvalue weighted by molar-refractivity contribution is -0.125. The average molecular weight is 355 g/mol. The molecule has 2 aliphatic rings. The molecule has 0 spiro atoms. The first kappa shape index (κ1) is 16.6. The van der Waals surface area contributed by atoms with E-state index >= 15 is 0 Å². The van der Waals surface area contributed by atoms with Gasteiger partial charge >= 0.3 is 0 Å². The van der Waals surface area contributed by atoms with Gasteiger partial charge in [0, 0.05) is 17.6 Å². The highest BCUT2D eigenvalue weighted by atomic mass is 35.5. The van der Waals surface area contributed by atoms with Crippen molar-refractivity contribution < 1.29 is 9.59 Å². The second-order valence-corrected chi connectivity index (χ2v) is 7.11. The SMILES string of the molecule is O=C(NC1CCCC1)C1CCCN1C(=O)c1cc(Cl)ccc1Cl. The lowest BCUT2D eigenvalue weighted by Gasteiger charge is -2.26. The van der Waals surface area contributed by atoms with Gasteiger partial charge in [-0.15, -0.1) is 0 Å². The molecule has 1 saturated carbocycles. The van der Waals surface area contributed by atoms with Gasteiger partial charge in [-0.2, -0.15) is 0 Å². The number of halogens is 2. The maximum absolute atomic E-state index is 12.8. The van der Waals surface area contributed by atoms with Crippen LogP contribution in [0.5, 0.6) is 0 Å². The number of benzene rings is 1. The molecular weight excluding hydrogens is 335 g/mol. The lowest BCUT2D eigenvalue weighted by atomic mass is 10.1. The highest BCUT2D eigenvalue weighted by Crippen LogP contribution is 2.27. The number of hydrogen-bond acceptors (Lipinski definition) is 2. The Bertz CT molecular complexity index is 615. The maximum Gasteiger partial charge on any atom is 0.256 e. The summed E-state index contributed by atoms with van der Waals surface area (Å²) in [6, 6.07) is 4.68. The van der Waals surface area contributed by atoms with Gasteiger partial charge in [0.05, 0.1) is 10.6 Å². The van der Waals surface area contributed by atoms with E-state index < -0.39 is 6.04 Å². The van der Waals surface area contributed by atoms with Crippen molar-refractivity contribution in [1.29, 1.82) is 0 Å². The fraction of sp³-hybridized carbons (Fsp3) is 0.529. The zero-order chi connectivity index (χ0) is 16.4. The second kappa shape index (κ2) is 7.10. The van der Waals surface area contributed by atoms with Crippen molar-refractivity contribution in [3.8, 4) is 0 Å². The molecule has 1 atom stereocenters. The van der Waals surface area contributed by atoms with E-state index in [1.165, 1.54) is 0 Å². The Balaban J connectivity index is 1.73. The van der Waals surface area contributed by atoms with Gasteiger partial charge in [0.1, 0.15) is 6.04 Å². The molecule has 1 saturated heterocycles. The summed E-state index contributed by atoms with van der Waals surface area (Å²) in [7, 11) is 0. The molecule has 2 fully saturated rings. The Morgan fingerprint density at radius 3 is 2.57 bits per heavy atom. The number of rotatable bonds is 3. The van der Waals surface area contributed by atoms with Crippen LogP contribution in [0.3, 0.4) is 0 Å². The molecule has 1 aromatic rings. The first-order valence-corrected chi connectivity index (χ1v) is 8.88. The van der Waals surface area contributed by atoms with Crippen molar-refractivity contribution in [3.05, 3.63) is 33.8 Å². The number of carbonyl (C=O) groups excluding carboxylic acids is 2. The van der Waals surface area contributed by atoms with Crippen molar-refractivity contribution in [2.75, 3.05) is 6.54 Å². The maximum atomic E-state index is 12.8. The predicted octanol–water partition coefficient (Wildman–Crippen LogP) is 3.66. The van der Waals surface area contributed by atoms with Crippen LogP contribution < -0.4 is 5.32 Å². The normalized spacial score (nSPS) is 21.7. The first-order valence-electron chi connectivity index (χ1n) is 8.12. The molecular formula is C17H20Cl2N2O2. The quantitative estimate of drug-likeness (QED) is 0.900. The van der Waals surface area contributed by atoms with Crippen molar-refractivity contribution in [3.63, 3.8) is 0 Å². The molecule has 2 amide bonds. The Hall–Kier alpha value is -1.26. The third kappa shape index (κ3) is 3.64. The van der Waals surface area contributed by atoms with Crippen LogP contribution in [-0.4, -0.2) is 35.3 Å². The van der Waals surface area contributed by atoms with E-state index in [2.05, 4.69) is 5.32 Å². The van der Waals surface area contributed by atoms with Crippen LogP contribution in [0, 0.1) is 0 Å². The van der Waals surface area contributed by atoms with Gasteiger partial charge in [0.15, 0.2) is 0 Å². The van der Waals surface area contributed by atoms with Crippen LogP contribution in [-0.2, 0) is 4.79 Å². The third-order valence-electron chi connectivity index (χ3n) is 4.68. The molecule has 1 aliphatic heterocycles. The Morgan fingerprint density at radius 2 is 1.83 bits per heavy atom. The molecule has 23 heavy (non-hydrogen) atoms. The predicted molar refractivity (Wildman–Crippen MR) is 90.9 cm³/mol. The summed E-state index contributed by atoms with van der Waals surface area (Å²) in [5.41, 5.74) is 0.361. The molecule has 0 radical (unpaired) electrons. The Kier molecular flexibility index (Phi) is 5.12. The van der Waals surface area contributed by atoms with Crippen molar-refractivity contribution >= 4 is 35.0 Å². The first-order chi connectivity index (χ1) is 11.1. The van der Waals surface area contributed by atoms with Crippen LogP contribution in [0.2, 0.25) is 10.0 Å². The summed E-state index contributed by atoms with van der Waals surface area (Å²) in [5.74, 6) is -0.262. The van der Waals surface area contributed by atoms with Crippen molar-refractivity contribution in [2.24, 2.45) is 0 Å². The van der Waals surface area contributed by atoms with E-state index in [4.69, 9.17) is 23.2 Å². The monoisotopic (exact) mass is 354 g/mol. The van der Waals surface area contributed by atoms with Crippen LogP contribution >= 0.6 is 23.2 Å². The Labute approximate surface area is 146 Å². The summed E-state index contributed by atoms with van der Waals surface area (Å²) >= 11 is 12.1. The molecule has 0 aromatic heterocycles. The van der Waals surface area contributed by atoms with Crippen molar-refractivity contribution in [2.45, 2.75) is 50.6 Å². The van der Waals surface area contributed by atoms with E-state index in [0.717, 1.165) is 32.1 Å². The van der Waals surface area contributed by atoms with Crippen LogP contribution in [0.4, 0.5) is 0 Å². The van der Waals surface area contributed by atoms with Gasteiger partial charge < -0.3 is 10.2 Å². The zero-order valence-electron chi connectivity index (χ0n) is 12.9. The zero-order valence-corrected chi connectivity index (χ0v) is 14.4. The fourth-order valence-corrected chi connectivity index (χ4v) is 3.84. The molecule has 4 nitrogen and oxygen atoms in total. The minimum atomic E-state index is -0.404. The summed E-state index contributed by atoms with van der Waals surface area (Å²) < 4.78 is 0. The van der Waals surface area contributed by atoms with Gasteiger partial charge in [0.2, 0.25) is 5.91 Å². The van der Waals surface area contributed by atoms with E-state index in [0.29, 0.717) is 28.6 Å². The molecule has 124 valence electrons. The van der Waals surface area contributed by atoms with Gasteiger partial charge in [-0.1, -0.05) is 36.0 Å². The van der Waals surface area contributed by atoms with Gasteiger partial charge in [-0.3, -0.25) is 9.59 Å². The molecule has 1 N–H and O–H groups in total. The largest absolute Gasteiger partial charge is 0.352 e. The smallest absolute Gasteiger partial charge is 0.256 e. The van der Waals surface area contributed by atoms with Crippen LogP contribution in [0.15, 0.2) is 18.2 Å². The molecule has 1 aromatic carbocycles. The molecule has 1 unspecified atom stereocenters.